The van der Waals surface area contributed by atoms with E-state index >= 15 is 0 Å². The van der Waals surface area contributed by atoms with Crippen molar-refractivity contribution in [3.05, 3.63) is 0 Å². The molecule has 2 unspecified atom stereocenters. The zero-order valence-corrected chi connectivity index (χ0v) is 43.4. The summed E-state index contributed by atoms with van der Waals surface area (Å²) in [4.78, 5) is 68.5. The number of alkyl halides is 23. The maximum absolute atomic E-state index is 14.6. The SMILES string of the molecule is CCC(C)(C)C(=O)OCCOC(=O)C(F)(F)CC(F)(F)CC(F)(F)F.CCC(C)(C)C(=O)OCCOC(=O)C(F)(F)CC(F)(F)CC(F)F.CCC(C)(C)C(=O)OCCOC(=O)C1(F)C(F)(F)C(C)(F)C(F)(F)C(F)(F)C1(F)F. The van der Waals surface area contributed by atoms with E-state index in [9.17, 15) is 130 Å². The van der Waals surface area contributed by atoms with E-state index in [2.05, 4.69) is 23.7 Å². The number of hydrogen-bond donors (Lipinski definition) is 0. The van der Waals surface area contributed by atoms with E-state index in [1.807, 2.05) is 0 Å². The van der Waals surface area contributed by atoms with Crippen molar-refractivity contribution in [2.45, 2.75) is 186 Å². The molecule has 1 saturated carbocycles. The van der Waals surface area contributed by atoms with Crippen molar-refractivity contribution in [2.24, 2.45) is 16.2 Å². The van der Waals surface area contributed by atoms with Gasteiger partial charge in [0.1, 0.15) is 46.1 Å². The summed E-state index contributed by atoms with van der Waals surface area (Å²) in [6.07, 6.45) is -17.6. The van der Waals surface area contributed by atoms with Gasteiger partial charge in [-0.2, -0.15) is 65.9 Å². The van der Waals surface area contributed by atoms with Crippen LogP contribution in [0.1, 0.15) is 114 Å². The van der Waals surface area contributed by atoms with Gasteiger partial charge in [0.05, 0.1) is 35.5 Å². The highest BCUT2D eigenvalue weighted by molar-refractivity contribution is 5.84. The fraction of sp³-hybridized carbons (Fsp3) is 0.864. The molecule has 12 nitrogen and oxygen atoms in total. The predicted molar refractivity (Wildman–Crippen MR) is 221 cm³/mol. The fourth-order valence-corrected chi connectivity index (χ4v) is 5.27. The van der Waals surface area contributed by atoms with Gasteiger partial charge in [-0.15, -0.1) is 0 Å². The number of halogens is 23. The summed E-state index contributed by atoms with van der Waals surface area (Å²) in [6.45, 7) is 8.04. The van der Waals surface area contributed by atoms with Gasteiger partial charge in [0.2, 0.25) is 12.1 Å². The monoisotopic (exact) mass is 1210 g/mol. The Balaban J connectivity index is 0. The molecule has 466 valence electrons. The second-order valence-corrected chi connectivity index (χ2v) is 19.3. The molecule has 0 aromatic carbocycles. The molecular weight excluding hydrogens is 1160 g/mol. The van der Waals surface area contributed by atoms with Crippen LogP contribution < -0.4 is 0 Å². The lowest BCUT2D eigenvalue weighted by Crippen LogP contribution is -2.86. The van der Waals surface area contributed by atoms with E-state index in [-0.39, 0.29) is 6.42 Å². The van der Waals surface area contributed by atoms with E-state index in [0.717, 1.165) is 0 Å². The Hall–Kier alpha value is -4.79. The standard InChI is InChI=1S/C16H18F10O4.C14H19F7O4.C14H20F6O4/c1-5-10(2,3)8(27)29-6-7-30-9(28)12(18)13(19,20)11(4,17)14(21,22)16(25,26)15(12,23)24;1-4-11(2,3)9(22)24-5-6-25-10(23)13(17,18)7-12(15,16)8-14(19,20)21;1-4-12(2,3)10(21)23-5-6-24-11(22)14(19,20)8-13(17,18)7-9(15)16/h5-7H2,1-4H3;4-8H2,1-3H3;9H,4-8H2,1-3H3. The molecule has 0 spiro atoms. The van der Waals surface area contributed by atoms with Crippen LogP contribution in [0.15, 0.2) is 0 Å². The summed E-state index contributed by atoms with van der Waals surface area (Å²) in [5.74, 6) is -56.6. The van der Waals surface area contributed by atoms with Crippen LogP contribution in [0.5, 0.6) is 0 Å². The van der Waals surface area contributed by atoms with Crippen LogP contribution in [0.25, 0.3) is 0 Å². The molecule has 79 heavy (non-hydrogen) atoms. The Morgan fingerprint density at radius 3 is 0.949 bits per heavy atom. The minimum Gasteiger partial charge on any atom is -0.462 e. The number of ether oxygens (including phenoxy) is 6. The molecule has 0 bridgehead atoms. The Labute approximate surface area is 435 Å². The van der Waals surface area contributed by atoms with Crippen molar-refractivity contribution in [3.63, 3.8) is 0 Å². The number of rotatable bonds is 25. The van der Waals surface area contributed by atoms with Crippen LogP contribution >= 0.6 is 0 Å². The molecule has 0 radical (unpaired) electrons. The summed E-state index contributed by atoms with van der Waals surface area (Å²) in [6, 6.07) is 0. The first-order valence-electron chi connectivity index (χ1n) is 22.7. The van der Waals surface area contributed by atoms with Gasteiger partial charge in [-0.1, -0.05) is 20.8 Å². The van der Waals surface area contributed by atoms with Gasteiger partial charge in [-0.25, -0.2) is 49.5 Å². The molecule has 0 aromatic rings. The molecule has 0 saturated heterocycles. The van der Waals surface area contributed by atoms with Gasteiger partial charge in [0, 0.05) is 0 Å². The molecule has 0 aliphatic heterocycles. The zero-order valence-electron chi connectivity index (χ0n) is 43.4. The van der Waals surface area contributed by atoms with Crippen LogP contribution in [0.2, 0.25) is 0 Å². The second-order valence-electron chi connectivity index (χ2n) is 19.3. The average molecular weight is 1210 g/mol. The molecule has 0 N–H and O–H groups in total. The minimum absolute atomic E-state index is 0.246. The zero-order chi connectivity index (χ0) is 63.5. The van der Waals surface area contributed by atoms with E-state index in [1.165, 1.54) is 13.8 Å². The van der Waals surface area contributed by atoms with E-state index in [0.29, 0.717) is 12.8 Å². The lowest BCUT2D eigenvalue weighted by Gasteiger charge is -2.53. The van der Waals surface area contributed by atoms with Gasteiger partial charge in [-0.3, -0.25) is 14.4 Å². The fourth-order valence-electron chi connectivity index (χ4n) is 5.27. The molecule has 2 atom stereocenters. The predicted octanol–water partition coefficient (Wildman–Crippen LogP) is 12.4. The van der Waals surface area contributed by atoms with E-state index in [4.69, 9.17) is 4.74 Å². The van der Waals surface area contributed by atoms with Crippen LogP contribution in [-0.4, -0.2) is 147 Å². The maximum Gasteiger partial charge on any atom is 0.394 e. The first kappa shape index (κ1) is 76.3. The molecule has 0 heterocycles. The van der Waals surface area contributed by atoms with Crippen LogP contribution in [-0.2, 0) is 57.2 Å². The molecule has 0 aromatic heterocycles. The molecule has 1 aliphatic rings. The van der Waals surface area contributed by atoms with Gasteiger partial charge in [0.15, 0.2) is 0 Å². The van der Waals surface area contributed by atoms with Gasteiger partial charge in [-0.05, 0) is 67.7 Å². The number of carbonyl (C=O) groups is 6. The average Bonchev–Trinajstić information content (AvgIpc) is 3.27. The molecule has 1 fully saturated rings. The second kappa shape index (κ2) is 26.9. The Morgan fingerprint density at radius 1 is 0.392 bits per heavy atom. The van der Waals surface area contributed by atoms with Gasteiger partial charge < -0.3 is 28.4 Å². The number of esters is 6. The lowest BCUT2D eigenvalue weighted by molar-refractivity contribution is -0.450. The third kappa shape index (κ3) is 19.4. The number of carbonyl (C=O) groups excluding carboxylic acids is 6. The largest absolute Gasteiger partial charge is 0.462 e. The van der Waals surface area contributed by atoms with Crippen LogP contribution in [0.4, 0.5) is 101 Å². The third-order valence-corrected chi connectivity index (χ3v) is 11.5. The Kier molecular flexibility index (Phi) is 25.9. The topological polar surface area (TPSA) is 158 Å². The number of hydrogen-bond acceptors (Lipinski definition) is 12. The van der Waals surface area contributed by atoms with Crippen molar-refractivity contribution in [2.75, 3.05) is 39.6 Å². The molecule has 1 aliphatic carbocycles. The highest BCUT2D eigenvalue weighted by Gasteiger charge is 3.01. The Bertz CT molecular complexity index is 2030. The highest BCUT2D eigenvalue weighted by Crippen LogP contribution is 2.69. The van der Waals surface area contributed by atoms with Gasteiger partial charge in [0.25, 0.3) is 11.8 Å². The summed E-state index contributed by atoms with van der Waals surface area (Å²) in [5, 5.41) is 0. The first-order chi connectivity index (χ1) is 34.9. The summed E-state index contributed by atoms with van der Waals surface area (Å²) in [5.41, 5.74) is -15.1. The quantitative estimate of drug-likeness (QED) is 0.0369. The van der Waals surface area contributed by atoms with Crippen molar-refractivity contribution < 1.29 is 158 Å². The van der Waals surface area contributed by atoms with Crippen molar-refractivity contribution in [3.8, 4) is 0 Å². The highest BCUT2D eigenvalue weighted by atomic mass is 19.4. The third-order valence-electron chi connectivity index (χ3n) is 11.5. The van der Waals surface area contributed by atoms with Crippen LogP contribution in [0, 0.1) is 16.2 Å². The van der Waals surface area contributed by atoms with Crippen molar-refractivity contribution in [1.29, 1.82) is 0 Å². The van der Waals surface area contributed by atoms with Crippen LogP contribution in [0.3, 0.4) is 0 Å². The lowest BCUT2D eigenvalue weighted by atomic mass is 9.67. The molecule has 0 amide bonds. The van der Waals surface area contributed by atoms with Crippen molar-refractivity contribution in [1.82, 2.24) is 0 Å². The van der Waals surface area contributed by atoms with E-state index in [1.54, 1.807) is 48.5 Å². The summed E-state index contributed by atoms with van der Waals surface area (Å²) < 4.78 is 328. The molecular formula is C44H57F23O12. The minimum atomic E-state index is -7.07. The summed E-state index contributed by atoms with van der Waals surface area (Å²) in [7, 11) is 0. The van der Waals surface area contributed by atoms with Crippen molar-refractivity contribution >= 4 is 35.8 Å². The smallest absolute Gasteiger partial charge is 0.394 e. The van der Waals surface area contributed by atoms with E-state index < -0.39 is 196 Å². The molecule has 1 rings (SSSR count). The normalized spacial score (nSPS) is 20.3. The maximum atomic E-state index is 14.6. The summed E-state index contributed by atoms with van der Waals surface area (Å²) >= 11 is 0. The Morgan fingerprint density at radius 2 is 0.671 bits per heavy atom. The first-order valence-corrected chi connectivity index (χ1v) is 22.7. The van der Waals surface area contributed by atoms with Gasteiger partial charge >= 0.3 is 83.2 Å². The molecule has 35 heteroatoms.